The number of hydrogen-bond acceptors (Lipinski definition) is 3. The molecule has 1 atom stereocenters. The molecular weight excluding hydrogens is 222 g/mol. The summed E-state index contributed by atoms with van der Waals surface area (Å²) in [5, 5.41) is 8.95. The SMILES string of the molecule is CC(C)C(Oc1ccc(C(N)=O)cc1)C(=O)O. The lowest BCUT2D eigenvalue weighted by Crippen LogP contribution is -2.32. The van der Waals surface area contributed by atoms with Crippen LogP contribution in [0.5, 0.6) is 5.75 Å². The molecule has 0 saturated carbocycles. The summed E-state index contributed by atoms with van der Waals surface area (Å²) in [7, 11) is 0. The molecule has 92 valence electrons. The van der Waals surface area contributed by atoms with E-state index < -0.39 is 18.0 Å². The maximum Gasteiger partial charge on any atom is 0.345 e. The molecule has 3 N–H and O–H groups in total. The molecule has 1 aromatic rings. The summed E-state index contributed by atoms with van der Waals surface area (Å²) in [6.45, 7) is 3.52. The summed E-state index contributed by atoms with van der Waals surface area (Å²) in [5.74, 6) is -1.30. The van der Waals surface area contributed by atoms with Gasteiger partial charge in [-0.3, -0.25) is 4.79 Å². The van der Waals surface area contributed by atoms with Gasteiger partial charge in [0.25, 0.3) is 0 Å². The van der Waals surface area contributed by atoms with E-state index >= 15 is 0 Å². The summed E-state index contributed by atoms with van der Waals surface area (Å²) in [5.41, 5.74) is 5.44. The van der Waals surface area contributed by atoms with Crippen molar-refractivity contribution >= 4 is 11.9 Å². The molecule has 0 aliphatic heterocycles. The van der Waals surface area contributed by atoms with Crippen LogP contribution in [-0.4, -0.2) is 23.1 Å². The number of nitrogens with two attached hydrogens (primary N) is 1. The minimum Gasteiger partial charge on any atom is -0.478 e. The summed E-state index contributed by atoms with van der Waals surface area (Å²) in [4.78, 5) is 21.8. The van der Waals surface area contributed by atoms with Crippen LogP contribution in [0.1, 0.15) is 24.2 Å². The average molecular weight is 237 g/mol. The fraction of sp³-hybridized carbons (Fsp3) is 0.333. The Bertz CT molecular complexity index is 411. The van der Waals surface area contributed by atoms with Gasteiger partial charge in [0.05, 0.1) is 0 Å². The summed E-state index contributed by atoms with van der Waals surface area (Å²) < 4.78 is 5.32. The Morgan fingerprint density at radius 1 is 1.24 bits per heavy atom. The molecule has 17 heavy (non-hydrogen) atoms. The Hall–Kier alpha value is -2.04. The van der Waals surface area contributed by atoms with Crippen molar-refractivity contribution in [1.29, 1.82) is 0 Å². The van der Waals surface area contributed by atoms with Gasteiger partial charge in [-0.25, -0.2) is 4.79 Å². The van der Waals surface area contributed by atoms with Crippen molar-refractivity contribution in [2.45, 2.75) is 20.0 Å². The largest absolute Gasteiger partial charge is 0.478 e. The summed E-state index contributed by atoms with van der Waals surface area (Å²) in [6, 6.07) is 6.05. The third kappa shape index (κ3) is 3.48. The van der Waals surface area contributed by atoms with Crippen LogP contribution in [0.2, 0.25) is 0 Å². The molecule has 1 rings (SSSR count). The van der Waals surface area contributed by atoms with Crippen molar-refractivity contribution in [3.8, 4) is 5.75 Å². The number of benzene rings is 1. The lowest BCUT2D eigenvalue weighted by atomic mass is 10.1. The molecule has 0 aliphatic carbocycles. The molecule has 0 saturated heterocycles. The lowest BCUT2D eigenvalue weighted by molar-refractivity contribution is -0.147. The summed E-state index contributed by atoms with van der Waals surface area (Å²) in [6.07, 6.45) is -0.908. The van der Waals surface area contributed by atoms with Gasteiger partial charge in [-0.15, -0.1) is 0 Å². The van der Waals surface area contributed by atoms with Crippen molar-refractivity contribution in [2.24, 2.45) is 11.7 Å². The van der Waals surface area contributed by atoms with Gasteiger partial charge in [-0.2, -0.15) is 0 Å². The maximum absolute atomic E-state index is 10.9. The predicted octanol–water partition coefficient (Wildman–Crippen LogP) is 1.27. The molecule has 0 radical (unpaired) electrons. The Kier molecular flexibility index (Phi) is 4.09. The predicted molar refractivity (Wildman–Crippen MR) is 61.8 cm³/mol. The van der Waals surface area contributed by atoms with E-state index in [1.165, 1.54) is 24.3 Å². The third-order valence-electron chi connectivity index (χ3n) is 2.25. The van der Waals surface area contributed by atoms with Crippen molar-refractivity contribution in [2.75, 3.05) is 0 Å². The lowest BCUT2D eigenvalue weighted by Gasteiger charge is -2.18. The van der Waals surface area contributed by atoms with Crippen LogP contribution in [-0.2, 0) is 4.79 Å². The number of carbonyl (C=O) groups is 2. The van der Waals surface area contributed by atoms with Gasteiger partial charge in [-0.1, -0.05) is 13.8 Å². The first-order valence-corrected chi connectivity index (χ1v) is 5.21. The monoisotopic (exact) mass is 237 g/mol. The number of hydrogen-bond donors (Lipinski definition) is 2. The zero-order chi connectivity index (χ0) is 13.0. The molecular formula is C12H15NO4. The van der Waals surface area contributed by atoms with Crippen LogP contribution in [0, 0.1) is 5.92 Å². The standard InChI is InChI=1S/C12H15NO4/c1-7(2)10(12(15)16)17-9-5-3-8(4-6-9)11(13)14/h3-7,10H,1-2H3,(H2,13,14)(H,15,16). The highest BCUT2D eigenvalue weighted by atomic mass is 16.5. The molecule has 0 fully saturated rings. The molecule has 0 spiro atoms. The first kappa shape index (κ1) is 13.0. The minimum atomic E-state index is -1.01. The van der Waals surface area contributed by atoms with E-state index in [1.54, 1.807) is 13.8 Å². The number of aliphatic carboxylic acids is 1. The van der Waals surface area contributed by atoms with Crippen LogP contribution >= 0.6 is 0 Å². The Balaban J connectivity index is 2.80. The number of amides is 1. The van der Waals surface area contributed by atoms with Gasteiger partial charge in [0.15, 0.2) is 6.10 Å². The number of carboxylic acids is 1. The molecule has 5 heteroatoms. The van der Waals surface area contributed by atoms with E-state index in [0.29, 0.717) is 11.3 Å². The topological polar surface area (TPSA) is 89.6 Å². The van der Waals surface area contributed by atoms with Gasteiger partial charge in [0.2, 0.25) is 5.91 Å². The Labute approximate surface area is 99.2 Å². The number of carboxylic acid groups (broad SMARTS) is 1. The van der Waals surface area contributed by atoms with Crippen molar-refractivity contribution in [1.82, 2.24) is 0 Å². The zero-order valence-corrected chi connectivity index (χ0v) is 9.71. The Morgan fingerprint density at radius 2 is 1.76 bits per heavy atom. The van der Waals surface area contributed by atoms with E-state index in [9.17, 15) is 9.59 Å². The van der Waals surface area contributed by atoms with Crippen LogP contribution in [0.4, 0.5) is 0 Å². The Morgan fingerprint density at radius 3 is 2.12 bits per heavy atom. The molecule has 1 aromatic carbocycles. The number of rotatable bonds is 5. The highest BCUT2D eigenvalue weighted by Gasteiger charge is 2.23. The smallest absolute Gasteiger partial charge is 0.345 e. The fourth-order valence-corrected chi connectivity index (χ4v) is 1.32. The zero-order valence-electron chi connectivity index (χ0n) is 9.71. The van der Waals surface area contributed by atoms with Gasteiger partial charge in [-0.05, 0) is 24.3 Å². The second-order valence-electron chi connectivity index (χ2n) is 4.01. The molecule has 0 aromatic heterocycles. The van der Waals surface area contributed by atoms with E-state index in [-0.39, 0.29) is 5.92 Å². The van der Waals surface area contributed by atoms with Crippen molar-refractivity contribution in [3.05, 3.63) is 29.8 Å². The van der Waals surface area contributed by atoms with Crippen LogP contribution in [0.3, 0.4) is 0 Å². The molecule has 5 nitrogen and oxygen atoms in total. The van der Waals surface area contributed by atoms with Crippen LogP contribution in [0.15, 0.2) is 24.3 Å². The van der Waals surface area contributed by atoms with Gasteiger partial charge >= 0.3 is 5.97 Å². The number of carbonyl (C=O) groups excluding carboxylic acids is 1. The first-order valence-electron chi connectivity index (χ1n) is 5.21. The van der Waals surface area contributed by atoms with Crippen molar-refractivity contribution in [3.63, 3.8) is 0 Å². The molecule has 1 unspecified atom stereocenters. The normalized spacial score (nSPS) is 12.2. The van der Waals surface area contributed by atoms with E-state index in [1.807, 2.05) is 0 Å². The first-order chi connectivity index (χ1) is 7.91. The highest BCUT2D eigenvalue weighted by Crippen LogP contribution is 2.17. The second kappa shape index (κ2) is 5.34. The number of ether oxygens (including phenoxy) is 1. The quantitative estimate of drug-likeness (QED) is 0.807. The number of primary amides is 1. The van der Waals surface area contributed by atoms with Gasteiger partial charge in [0.1, 0.15) is 5.75 Å². The maximum atomic E-state index is 10.9. The fourth-order valence-electron chi connectivity index (χ4n) is 1.32. The van der Waals surface area contributed by atoms with E-state index in [0.717, 1.165) is 0 Å². The molecule has 1 amide bonds. The molecule has 0 bridgehead atoms. The third-order valence-corrected chi connectivity index (χ3v) is 2.25. The van der Waals surface area contributed by atoms with Crippen molar-refractivity contribution < 1.29 is 19.4 Å². The van der Waals surface area contributed by atoms with Gasteiger partial charge < -0.3 is 15.6 Å². The molecule has 0 heterocycles. The minimum absolute atomic E-state index is 0.150. The van der Waals surface area contributed by atoms with Gasteiger partial charge in [0, 0.05) is 11.5 Å². The van der Waals surface area contributed by atoms with Crippen LogP contribution < -0.4 is 10.5 Å². The van der Waals surface area contributed by atoms with E-state index in [2.05, 4.69) is 0 Å². The average Bonchev–Trinajstić information content (AvgIpc) is 2.25. The second-order valence-corrected chi connectivity index (χ2v) is 4.01. The van der Waals surface area contributed by atoms with Crippen LogP contribution in [0.25, 0.3) is 0 Å². The summed E-state index contributed by atoms with van der Waals surface area (Å²) >= 11 is 0. The molecule has 0 aliphatic rings. The van der Waals surface area contributed by atoms with E-state index in [4.69, 9.17) is 15.6 Å². The highest BCUT2D eigenvalue weighted by molar-refractivity contribution is 5.92.